The summed E-state index contributed by atoms with van der Waals surface area (Å²) in [7, 11) is 0. The number of nitro groups is 1. The van der Waals surface area contributed by atoms with Crippen LogP contribution in [0.4, 0.5) is 11.4 Å². The predicted octanol–water partition coefficient (Wildman–Crippen LogP) is 2.91. The molecule has 11 heteroatoms. The van der Waals surface area contributed by atoms with Gasteiger partial charge in [-0.3, -0.25) is 34.2 Å². The van der Waals surface area contributed by atoms with Gasteiger partial charge >= 0.3 is 11.2 Å². The van der Waals surface area contributed by atoms with Crippen LogP contribution in [0, 0.1) is 16.0 Å². The number of hydrogen-bond acceptors (Lipinski definition) is 6. The Balaban J connectivity index is 1.13. The maximum Gasteiger partial charge on any atom is 0.334 e. The number of fused-ring (bicyclic) bond motifs is 9. The van der Waals surface area contributed by atoms with Crippen molar-refractivity contribution in [3.63, 3.8) is 0 Å². The number of anilines is 1. The van der Waals surface area contributed by atoms with Crippen LogP contribution in [0.1, 0.15) is 56.9 Å². The molecule has 3 atom stereocenters. The van der Waals surface area contributed by atoms with Crippen LogP contribution >= 0.6 is 0 Å². The molecule has 0 spiro atoms. The Bertz CT molecular complexity index is 1680. The van der Waals surface area contributed by atoms with Crippen LogP contribution in [0.3, 0.4) is 0 Å². The highest BCUT2D eigenvalue weighted by atomic mass is 16.6. The van der Waals surface area contributed by atoms with E-state index in [9.17, 15) is 29.3 Å². The second kappa shape index (κ2) is 8.87. The summed E-state index contributed by atoms with van der Waals surface area (Å²) < 4.78 is 1.49. The number of nitrogens with zero attached hydrogens (tertiary/aromatic N) is 5. The Morgan fingerprint density at radius 1 is 0.900 bits per heavy atom. The Kier molecular flexibility index (Phi) is 5.38. The Hall–Kier alpha value is -4.80. The van der Waals surface area contributed by atoms with E-state index in [-0.39, 0.29) is 42.5 Å². The fourth-order valence-electron chi connectivity index (χ4n) is 6.85. The molecule has 0 unspecified atom stereocenters. The van der Waals surface area contributed by atoms with Crippen molar-refractivity contribution >= 4 is 29.1 Å². The van der Waals surface area contributed by atoms with E-state index in [1.807, 2.05) is 12.1 Å². The number of hydrogen-bond donors (Lipinski definition) is 0. The molecule has 2 aromatic carbocycles. The summed E-state index contributed by atoms with van der Waals surface area (Å²) in [6.07, 6.45) is 0.272. The zero-order chi connectivity index (χ0) is 27.7. The van der Waals surface area contributed by atoms with Gasteiger partial charge in [0.15, 0.2) is 0 Å². The van der Waals surface area contributed by atoms with E-state index in [2.05, 4.69) is 0 Å². The van der Waals surface area contributed by atoms with Crippen LogP contribution in [-0.4, -0.2) is 56.6 Å². The van der Waals surface area contributed by atoms with Gasteiger partial charge in [-0.2, -0.15) is 0 Å². The van der Waals surface area contributed by atoms with Gasteiger partial charge in [0.05, 0.1) is 16.2 Å². The molecule has 40 heavy (non-hydrogen) atoms. The summed E-state index contributed by atoms with van der Waals surface area (Å²) in [5.74, 6) is -0.589. The molecule has 11 nitrogen and oxygen atoms in total. The Morgan fingerprint density at radius 3 is 2.45 bits per heavy atom. The number of rotatable bonds is 4. The summed E-state index contributed by atoms with van der Waals surface area (Å²) in [5, 5.41) is 11.2. The molecule has 1 aromatic heterocycles. The van der Waals surface area contributed by atoms with E-state index in [0.29, 0.717) is 42.1 Å². The Labute approximate surface area is 228 Å². The van der Waals surface area contributed by atoms with Crippen molar-refractivity contribution in [2.75, 3.05) is 24.5 Å². The minimum absolute atomic E-state index is 0.00761. The van der Waals surface area contributed by atoms with E-state index < -0.39 is 22.3 Å². The molecule has 5 heterocycles. The highest BCUT2D eigenvalue weighted by Gasteiger charge is 2.47. The minimum atomic E-state index is -0.659. The monoisotopic (exact) mass is 539 g/mol. The highest BCUT2D eigenvalue weighted by Crippen LogP contribution is 2.45. The number of aromatic nitrogens is 1. The first-order valence-electron chi connectivity index (χ1n) is 13.3. The van der Waals surface area contributed by atoms with E-state index in [4.69, 9.17) is 0 Å². The standard InChI is InChI=1S/C29H25N5O6/c35-25(30-14-17-13-18(16-30)22-9-10-24(34(39)40)29(38)32(22)15-17)11-12-31-26-19-5-1-2-6-20(19)28(37)33(26)23-8-4-3-7-21(23)27(31)36/h1-10,17-18,26H,11-16H2/t17-,18+,26+/m1/s1. The molecular weight excluding hydrogens is 514 g/mol. The van der Waals surface area contributed by atoms with Gasteiger partial charge in [0.1, 0.15) is 6.17 Å². The maximum absolute atomic E-state index is 13.7. The molecule has 4 aliphatic rings. The molecule has 4 aliphatic heterocycles. The summed E-state index contributed by atoms with van der Waals surface area (Å²) in [4.78, 5) is 68.8. The quantitative estimate of drug-likeness (QED) is 0.371. The molecule has 0 saturated carbocycles. The minimum Gasteiger partial charge on any atom is -0.342 e. The lowest BCUT2D eigenvalue weighted by Gasteiger charge is -2.43. The van der Waals surface area contributed by atoms with Crippen LogP contribution in [0.2, 0.25) is 0 Å². The average Bonchev–Trinajstić information content (AvgIpc) is 3.25. The molecule has 7 rings (SSSR count). The lowest BCUT2D eigenvalue weighted by Crippen LogP contribution is -2.51. The van der Waals surface area contributed by atoms with Gasteiger partial charge in [-0.15, -0.1) is 0 Å². The topological polar surface area (TPSA) is 126 Å². The SMILES string of the molecule is O=C(CCN1C(=O)c2ccccc2N2C(=O)c3ccccc3[C@@H]12)N1C[C@H]2C[C@@H](C1)c1ccc([N+](=O)[O-])c(=O)n1C2. The number of piperidine rings is 1. The second-order valence-electron chi connectivity index (χ2n) is 10.8. The van der Waals surface area contributed by atoms with Gasteiger partial charge in [0.2, 0.25) is 5.91 Å². The third kappa shape index (κ3) is 3.50. The molecular formula is C29H25N5O6. The van der Waals surface area contributed by atoms with E-state index in [1.54, 1.807) is 57.2 Å². The van der Waals surface area contributed by atoms with Crippen molar-refractivity contribution in [2.24, 2.45) is 5.92 Å². The molecule has 3 aromatic rings. The number of likely N-dealkylation sites (tertiary alicyclic amines) is 1. The van der Waals surface area contributed by atoms with Gasteiger partial charge in [0.25, 0.3) is 11.8 Å². The zero-order valence-corrected chi connectivity index (χ0v) is 21.4. The summed E-state index contributed by atoms with van der Waals surface area (Å²) in [5.41, 5.74) is 1.96. The second-order valence-corrected chi connectivity index (χ2v) is 10.8. The highest BCUT2D eigenvalue weighted by molar-refractivity contribution is 6.16. The molecule has 0 radical (unpaired) electrons. The maximum atomic E-state index is 13.7. The zero-order valence-electron chi connectivity index (χ0n) is 21.4. The van der Waals surface area contributed by atoms with Crippen molar-refractivity contribution < 1.29 is 19.3 Å². The van der Waals surface area contributed by atoms with Crippen molar-refractivity contribution in [1.29, 1.82) is 0 Å². The smallest absolute Gasteiger partial charge is 0.334 e. The molecule has 2 bridgehead atoms. The summed E-state index contributed by atoms with van der Waals surface area (Å²) >= 11 is 0. The molecule has 202 valence electrons. The van der Waals surface area contributed by atoms with Gasteiger partial charge < -0.3 is 14.4 Å². The normalized spacial score (nSPS) is 22.4. The first kappa shape index (κ1) is 24.3. The molecule has 0 N–H and O–H groups in total. The first-order valence-corrected chi connectivity index (χ1v) is 13.3. The van der Waals surface area contributed by atoms with E-state index in [1.165, 1.54) is 10.6 Å². The van der Waals surface area contributed by atoms with Crippen molar-refractivity contribution in [1.82, 2.24) is 14.4 Å². The number of amides is 3. The molecule has 0 aliphatic carbocycles. The lowest BCUT2D eigenvalue weighted by atomic mass is 9.83. The summed E-state index contributed by atoms with van der Waals surface area (Å²) in [6, 6.07) is 17.2. The van der Waals surface area contributed by atoms with Gasteiger partial charge in [-0.25, -0.2) is 0 Å². The summed E-state index contributed by atoms with van der Waals surface area (Å²) in [6.45, 7) is 1.31. The fourth-order valence-corrected chi connectivity index (χ4v) is 6.85. The number of carbonyl (C=O) groups excluding carboxylic acids is 3. The van der Waals surface area contributed by atoms with Gasteiger partial charge in [0, 0.05) is 61.4 Å². The predicted molar refractivity (Wildman–Crippen MR) is 143 cm³/mol. The molecule has 1 saturated heterocycles. The van der Waals surface area contributed by atoms with Crippen molar-refractivity contribution in [3.8, 4) is 0 Å². The van der Waals surface area contributed by atoms with Crippen molar-refractivity contribution in [2.45, 2.75) is 31.5 Å². The third-order valence-electron chi connectivity index (χ3n) is 8.58. The number of pyridine rings is 1. The van der Waals surface area contributed by atoms with Crippen molar-refractivity contribution in [3.05, 3.63) is 104 Å². The number of benzene rings is 2. The molecule has 1 fully saturated rings. The number of para-hydroxylation sites is 1. The van der Waals surface area contributed by atoms with Crippen LogP contribution in [0.5, 0.6) is 0 Å². The van der Waals surface area contributed by atoms with Crippen LogP contribution < -0.4 is 10.5 Å². The van der Waals surface area contributed by atoms with Gasteiger partial charge in [-0.1, -0.05) is 30.3 Å². The van der Waals surface area contributed by atoms with Crippen LogP contribution in [-0.2, 0) is 11.3 Å². The molecule has 3 amide bonds. The average molecular weight is 540 g/mol. The first-order chi connectivity index (χ1) is 19.3. The van der Waals surface area contributed by atoms with E-state index >= 15 is 0 Å². The Morgan fingerprint density at radius 2 is 1.65 bits per heavy atom. The van der Waals surface area contributed by atoms with Crippen LogP contribution in [0.25, 0.3) is 0 Å². The van der Waals surface area contributed by atoms with Gasteiger partial charge in [-0.05, 0) is 36.6 Å². The van der Waals surface area contributed by atoms with E-state index in [0.717, 1.165) is 12.0 Å². The van der Waals surface area contributed by atoms with Crippen LogP contribution in [0.15, 0.2) is 65.5 Å². The lowest BCUT2D eigenvalue weighted by molar-refractivity contribution is -0.386. The number of carbonyl (C=O) groups is 3. The largest absolute Gasteiger partial charge is 0.342 e. The fraction of sp³-hybridized carbons (Fsp3) is 0.310. The third-order valence-corrected chi connectivity index (χ3v) is 8.58.